The van der Waals surface area contributed by atoms with Crippen LogP contribution in [-0.4, -0.2) is 4.98 Å². The fourth-order valence-corrected chi connectivity index (χ4v) is 2.16. The molecule has 1 heterocycles. The van der Waals surface area contributed by atoms with Gasteiger partial charge >= 0.3 is 0 Å². The summed E-state index contributed by atoms with van der Waals surface area (Å²) >= 11 is 7.23. The summed E-state index contributed by atoms with van der Waals surface area (Å²) in [7, 11) is 0. The molecule has 5 heteroatoms. The number of benzene rings is 1. The molecule has 0 aliphatic rings. The molecule has 0 aliphatic carbocycles. The number of aromatic nitrogens is 1. The molecule has 1 aromatic carbocycles. The smallest absolute Gasteiger partial charge is 0.164 e. The minimum atomic E-state index is -0.416. The Labute approximate surface area is 102 Å². The van der Waals surface area contributed by atoms with E-state index in [1.165, 1.54) is 17.4 Å². The van der Waals surface area contributed by atoms with Gasteiger partial charge in [-0.05, 0) is 19.1 Å². The van der Waals surface area contributed by atoms with Crippen molar-refractivity contribution < 1.29 is 4.39 Å². The average molecular weight is 257 g/mol. The first kappa shape index (κ1) is 11.4. The minimum absolute atomic E-state index is 0.0143. The highest BCUT2D eigenvalue weighted by Crippen LogP contribution is 2.27. The number of hydrogen-bond donors (Lipinski definition) is 1. The van der Waals surface area contributed by atoms with Gasteiger partial charge in [0, 0.05) is 11.1 Å². The number of nitrogens with one attached hydrogen (secondary N) is 1. The standard InChI is InChI=1S/C11H10ClFN2S/c1-7(10-5-14-6-16-10)15-9-4-2-3-8(12)11(9)13/h2-7,15H,1H3. The van der Waals surface area contributed by atoms with Gasteiger partial charge in [-0.2, -0.15) is 0 Å². The number of thiazole rings is 1. The molecule has 0 saturated heterocycles. The molecule has 84 valence electrons. The van der Waals surface area contributed by atoms with E-state index in [9.17, 15) is 4.39 Å². The van der Waals surface area contributed by atoms with Gasteiger partial charge in [-0.15, -0.1) is 11.3 Å². The van der Waals surface area contributed by atoms with Gasteiger partial charge in [0.25, 0.3) is 0 Å². The summed E-state index contributed by atoms with van der Waals surface area (Å²) in [4.78, 5) is 5.04. The third-order valence-electron chi connectivity index (χ3n) is 2.20. The van der Waals surface area contributed by atoms with E-state index in [0.29, 0.717) is 5.69 Å². The van der Waals surface area contributed by atoms with Gasteiger partial charge in [0.05, 0.1) is 22.3 Å². The maximum atomic E-state index is 13.6. The van der Waals surface area contributed by atoms with Crippen LogP contribution in [-0.2, 0) is 0 Å². The Morgan fingerprint density at radius 2 is 2.31 bits per heavy atom. The van der Waals surface area contributed by atoms with Crippen LogP contribution < -0.4 is 5.32 Å². The van der Waals surface area contributed by atoms with Crippen LogP contribution in [0.5, 0.6) is 0 Å². The third-order valence-corrected chi connectivity index (χ3v) is 3.45. The van der Waals surface area contributed by atoms with Crippen LogP contribution in [0.3, 0.4) is 0 Å². The number of halogens is 2. The van der Waals surface area contributed by atoms with Crippen LogP contribution >= 0.6 is 22.9 Å². The zero-order valence-corrected chi connectivity index (χ0v) is 10.1. The Kier molecular flexibility index (Phi) is 3.41. The zero-order chi connectivity index (χ0) is 11.5. The van der Waals surface area contributed by atoms with Gasteiger partial charge in [-0.1, -0.05) is 17.7 Å². The van der Waals surface area contributed by atoms with Crippen molar-refractivity contribution in [2.24, 2.45) is 0 Å². The lowest BCUT2D eigenvalue weighted by Crippen LogP contribution is -2.06. The van der Waals surface area contributed by atoms with Crippen LogP contribution in [0.25, 0.3) is 0 Å². The molecule has 2 rings (SSSR count). The summed E-state index contributed by atoms with van der Waals surface area (Å²) in [6.07, 6.45) is 1.77. The SMILES string of the molecule is CC(Nc1cccc(Cl)c1F)c1cncs1. The second-order valence-electron chi connectivity index (χ2n) is 3.37. The highest BCUT2D eigenvalue weighted by molar-refractivity contribution is 7.09. The summed E-state index contributed by atoms with van der Waals surface area (Å²) in [6, 6.07) is 4.92. The van der Waals surface area contributed by atoms with Crippen LogP contribution in [0.4, 0.5) is 10.1 Å². The Hall–Kier alpha value is -1.13. The number of hydrogen-bond acceptors (Lipinski definition) is 3. The highest BCUT2D eigenvalue weighted by Gasteiger charge is 2.11. The monoisotopic (exact) mass is 256 g/mol. The highest BCUT2D eigenvalue weighted by atomic mass is 35.5. The van der Waals surface area contributed by atoms with E-state index in [-0.39, 0.29) is 11.1 Å². The first-order valence-electron chi connectivity index (χ1n) is 4.77. The zero-order valence-electron chi connectivity index (χ0n) is 8.58. The van der Waals surface area contributed by atoms with Crippen LogP contribution in [0.2, 0.25) is 5.02 Å². The van der Waals surface area contributed by atoms with Crippen molar-refractivity contribution in [1.29, 1.82) is 0 Å². The van der Waals surface area contributed by atoms with E-state index in [2.05, 4.69) is 10.3 Å². The average Bonchev–Trinajstić information content (AvgIpc) is 2.78. The fourth-order valence-electron chi connectivity index (χ4n) is 1.36. The van der Waals surface area contributed by atoms with Crippen molar-refractivity contribution in [3.05, 3.63) is 45.6 Å². The van der Waals surface area contributed by atoms with E-state index in [0.717, 1.165) is 4.88 Å². The Morgan fingerprint density at radius 3 is 3.00 bits per heavy atom. The molecule has 2 aromatic rings. The predicted octanol–water partition coefficient (Wildman–Crippen LogP) is 4.11. The van der Waals surface area contributed by atoms with Crippen LogP contribution in [0, 0.1) is 5.82 Å². The molecule has 0 aliphatic heterocycles. The summed E-state index contributed by atoms with van der Waals surface area (Å²) in [5, 5.41) is 3.19. The maximum Gasteiger partial charge on any atom is 0.164 e. The second kappa shape index (κ2) is 4.80. The van der Waals surface area contributed by atoms with Gasteiger partial charge in [0.2, 0.25) is 0 Å². The molecule has 1 aromatic heterocycles. The molecule has 0 fully saturated rings. The van der Waals surface area contributed by atoms with Crippen molar-refractivity contribution in [2.75, 3.05) is 5.32 Å². The van der Waals surface area contributed by atoms with Gasteiger partial charge in [-0.25, -0.2) is 4.39 Å². The quantitative estimate of drug-likeness (QED) is 0.894. The maximum absolute atomic E-state index is 13.6. The molecular formula is C11H10ClFN2S. The van der Waals surface area contributed by atoms with Crippen molar-refractivity contribution in [3.63, 3.8) is 0 Å². The molecule has 0 radical (unpaired) electrons. The topological polar surface area (TPSA) is 24.9 Å². The van der Waals surface area contributed by atoms with Crippen LogP contribution in [0.1, 0.15) is 17.8 Å². The van der Waals surface area contributed by atoms with Crippen molar-refractivity contribution in [1.82, 2.24) is 4.98 Å². The van der Waals surface area contributed by atoms with Gasteiger partial charge in [-0.3, -0.25) is 4.98 Å². The fraction of sp³-hybridized carbons (Fsp3) is 0.182. The van der Waals surface area contributed by atoms with E-state index < -0.39 is 5.82 Å². The lowest BCUT2D eigenvalue weighted by atomic mass is 10.2. The van der Waals surface area contributed by atoms with Crippen molar-refractivity contribution in [2.45, 2.75) is 13.0 Å². The summed E-state index contributed by atoms with van der Waals surface area (Å²) in [5.41, 5.74) is 2.16. The van der Waals surface area contributed by atoms with E-state index in [1.54, 1.807) is 23.8 Å². The van der Waals surface area contributed by atoms with Gasteiger partial charge in [0.1, 0.15) is 0 Å². The summed E-state index contributed by atoms with van der Waals surface area (Å²) in [6.45, 7) is 1.95. The summed E-state index contributed by atoms with van der Waals surface area (Å²) < 4.78 is 13.6. The lowest BCUT2D eigenvalue weighted by Gasteiger charge is -2.14. The number of anilines is 1. The molecule has 1 unspecified atom stereocenters. The molecule has 1 atom stereocenters. The molecule has 0 saturated carbocycles. The molecule has 0 bridgehead atoms. The molecule has 1 N–H and O–H groups in total. The Balaban J connectivity index is 2.18. The Morgan fingerprint density at radius 1 is 1.50 bits per heavy atom. The normalized spacial score (nSPS) is 12.4. The van der Waals surface area contributed by atoms with E-state index in [1.807, 2.05) is 6.92 Å². The van der Waals surface area contributed by atoms with E-state index >= 15 is 0 Å². The van der Waals surface area contributed by atoms with Crippen molar-refractivity contribution >= 4 is 28.6 Å². The molecule has 16 heavy (non-hydrogen) atoms. The first-order chi connectivity index (χ1) is 7.68. The Bertz CT molecular complexity index is 473. The molecule has 2 nitrogen and oxygen atoms in total. The number of nitrogens with zero attached hydrogens (tertiary/aromatic N) is 1. The third kappa shape index (κ3) is 2.33. The van der Waals surface area contributed by atoms with Crippen molar-refractivity contribution in [3.8, 4) is 0 Å². The van der Waals surface area contributed by atoms with Gasteiger partial charge in [0.15, 0.2) is 5.82 Å². The van der Waals surface area contributed by atoms with E-state index in [4.69, 9.17) is 11.6 Å². The second-order valence-corrected chi connectivity index (χ2v) is 4.70. The molecule has 0 amide bonds. The van der Waals surface area contributed by atoms with Gasteiger partial charge < -0.3 is 5.32 Å². The predicted molar refractivity (Wildman–Crippen MR) is 65.6 cm³/mol. The van der Waals surface area contributed by atoms with Crippen LogP contribution in [0.15, 0.2) is 29.9 Å². The first-order valence-corrected chi connectivity index (χ1v) is 6.03. The molecule has 0 spiro atoms. The molecular weight excluding hydrogens is 247 g/mol. The largest absolute Gasteiger partial charge is 0.375 e. The number of rotatable bonds is 3. The minimum Gasteiger partial charge on any atom is -0.375 e. The lowest BCUT2D eigenvalue weighted by molar-refractivity contribution is 0.628. The summed E-state index contributed by atoms with van der Waals surface area (Å²) in [5.74, 6) is -0.416.